The third kappa shape index (κ3) is 0.790. The van der Waals surface area contributed by atoms with Crippen molar-refractivity contribution < 1.29 is 9.59 Å². The Hall–Kier alpha value is -0.640. The fraction of sp³-hybridized carbons (Fsp3) is 0.250. The first-order valence-corrected chi connectivity index (χ1v) is 3.61. The van der Waals surface area contributed by atoms with Crippen LogP contribution in [0.1, 0.15) is 0 Å². The van der Waals surface area contributed by atoms with Crippen LogP contribution in [0.2, 0.25) is 0 Å². The average molecular weight is 131 g/mol. The Bertz CT molecular complexity index is 157. The summed E-state index contributed by atoms with van der Waals surface area (Å²) in [5.74, 6) is 3.54. The summed E-state index contributed by atoms with van der Waals surface area (Å²) in [4.78, 5) is 20.7. The topological polar surface area (TPSA) is 46.2 Å². The lowest BCUT2D eigenvalue weighted by atomic mass is 10.7. The third-order valence-electron chi connectivity index (χ3n) is 0.809. The van der Waals surface area contributed by atoms with Gasteiger partial charge in [0, 0.05) is 0 Å². The predicted octanol–water partition coefficient (Wildman–Crippen LogP) is -0.0629. The number of hydrogen-bond donors (Lipinski definition) is 1. The van der Waals surface area contributed by atoms with Crippen LogP contribution < -0.4 is 5.32 Å². The number of imide groups is 1. The van der Waals surface area contributed by atoms with Gasteiger partial charge in [-0.25, -0.2) is 0 Å². The van der Waals surface area contributed by atoms with Crippen molar-refractivity contribution in [3.8, 4) is 0 Å². The minimum absolute atomic E-state index is 0.201. The smallest absolute Gasteiger partial charge is 0.280 e. The lowest BCUT2D eigenvalue weighted by Crippen LogP contribution is -2.18. The van der Waals surface area contributed by atoms with Crippen molar-refractivity contribution in [2.24, 2.45) is 0 Å². The van der Waals surface area contributed by atoms with Crippen LogP contribution in [0.4, 0.5) is 4.79 Å². The van der Waals surface area contributed by atoms with Gasteiger partial charge in [-0.05, 0) is 0 Å². The molecule has 1 fully saturated rings. The Morgan fingerprint density at radius 3 is 2.38 bits per heavy atom. The molecule has 1 N–H and O–H groups in total. The number of nitrogens with one attached hydrogen (secondary N) is 1. The van der Waals surface area contributed by atoms with E-state index in [0.717, 1.165) is 0 Å². The molecule has 1 aliphatic rings. The summed E-state index contributed by atoms with van der Waals surface area (Å²) in [6.45, 7) is 0. The van der Waals surface area contributed by atoms with Gasteiger partial charge in [0.05, 0.1) is 5.75 Å². The molecule has 4 heteroatoms. The normalized spacial score (nSPS) is 28.2. The molecule has 0 aromatic carbocycles. The lowest BCUT2D eigenvalue weighted by molar-refractivity contribution is -0.117. The summed E-state index contributed by atoms with van der Waals surface area (Å²) in [7, 11) is -0.597. The maximum atomic E-state index is 10.4. The number of carbonyl (C=O) groups is 2. The molecule has 1 aliphatic heterocycles. The molecule has 1 rings (SSSR count). The highest BCUT2D eigenvalue weighted by molar-refractivity contribution is 8.27. The zero-order valence-corrected chi connectivity index (χ0v) is 4.96. The first-order chi connectivity index (χ1) is 3.70. The molecule has 44 valence electrons. The van der Waals surface area contributed by atoms with E-state index >= 15 is 0 Å². The van der Waals surface area contributed by atoms with Crippen molar-refractivity contribution in [1.82, 2.24) is 5.32 Å². The molecule has 3 nitrogen and oxygen atoms in total. The Morgan fingerprint density at radius 1 is 1.62 bits per heavy atom. The molecule has 0 radical (unpaired) electrons. The first kappa shape index (κ1) is 5.50. The lowest BCUT2D eigenvalue weighted by Gasteiger charge is -1.82. The third-order valence-corrected chi connectivity index (χ3v) is 2.05. The zero-order chi connectivity index (χ0) is 6.15. The molecule has 0 spiro atoms. The highest BCUT2D eigenvalue weighted by Crippen LogP contribution is 2.14. The molecule has 0 aromatic rings. The summed E-state index contributed by atoms with van der Waals surface area (Å²) < 4.78 is 0. The maximum absolute atomic E-state index is 10.4. The van der Waals surface area contributed by atoms with Gasteiger partial charge in [0.1, 0.15) is 0 Å². The quantitative estimate of drug-likeness (QED) is 0.468. The van der Waals surface area contributed by atoms with Crippen molar-refractivity contribution in [3.63, 3.8) is 0 Å². The van der Waals surface area contributed by atoms with Crippen LogP contribution in [-0.2, 0) is 4.79 Å². The second-order valence-electron chi connectivity index (χ2n) is 1.47. The number of carbonyl (C=O) groups excluding carboxylic acids is 2. The average Bonchev–Trinajstić information content (AvgIpc) is 1.85. The van der Waals surface area contributed by atoms with Crippen LogP contribution in [0.15, 0.2) is 0 Å². The van der Waals surface area contributed by atoms with Crippen molar-refractivity contribution >= 4 is 27.5 Å². The zero-order valence-electron chi connectivity index (χ0n) is 4.14. The van der Waals surface area contributed by atoms with Crippen LogP contribution >= 0.6 is 10.5 Å². The fourth-order valence-electron chi connectivity index (χ4n) is 0.446. The van der Waals surface area contributed by atoms with Gasteiger partial charge in [0.25, 0.3) is 5.24 Å². The number of amides is 2. The van der Waals surface area contributed by atoms with Crippen LogP contribution in [-0.4, -0.2) is 22.8 Å². The van der Waals surface area contributed by atoms with Crippen LogP contribution in [0.25, 0.3) is 0 Å². The van der Waals surface area contributed by atoms with Gasteiger partial charge in [0.2, 0.25) is 5.91 Å². The maximum Gasteiger partial charge on any atom is 0.280 e. The van der Waals surface area contributed by atoms with Crippen molar-refractivity contribution in [1.29, 1.82) is 0 Å². The second kappa shape index (κ2) is 1.70. The largest absolute Gasteiger partial charge is 0.287 e. The van der Waals surface area contributed by atoms with E-state index in [2.05, 4.69) is 11.2 Å². The summed E-state index contributed by atoms with van der Waals surface area (Å²) in [6, 6.07) is 0. The standard InChI is InChI=1S/C4H5NO2S/c1-8-2-3(6)5-4(8)7/h1-2H2,(H,5,6,7). The van der Waals surface area contributed by atoms with Crippen LogP contribution in [0.5, 0.6) is 0 Å². The monoisotopic (exact) mass is 131 g/mol. The van der Waals surface area contributed by atoms with Gasteiger partial charge in [-0.15, -0.1) is 0 Å². The molecular formula is C4H5NO2S. The van der Waals surface area contributed by atoms with Crippen LogP contribution in [0, 0.1) is 0 Å². The summed E-state index contributed by atoms with van der Waals surface area (Å²) in [5, 5.41) is 1.91. The molecule has 1 atom stereocenters. The molecule has 8 heavy (non-hydrogen) atoms. The van der Waals surface area contributed by atoms with E-state index in [1.165, 1.54) is 0 Å². The second-order valence-corrected chi connectivity index (χ2v) is 3.12. The van der Waals surface area contributed by atoms with E-state index in [0.29, 0.717) is 0 Å². The van der Waals surface area contributed by atoms with Gasteiger partial charge in [-0.3, -0.25) is 14.9 Å². The van der Waals surface area contributed by atoms with Crippen molar-refractivity contribution in [3.05, 3.63) is 0 Å². The first-order valence-electron chi connectivity index (χ1n) is 2.04. The van der Waals surface area contributed by atoms with Gasteiger partial charge in [-0.2, -0.15) is 0 Å². The Labute approximate surface area is 49.0 Å². The molecule has 0 aromatic heterocycles. The van der Waals surface area contributed by atoms with E-state index in [1.54, 1.807) is 0 Å². The van der Waals surface area contributed by atoms with Crippen molar-refractivity contribution in [2.45, 2.75) is 0 Å². The summed E-state index contributed by atoms with van der Waals surface area (Å²) >= 11 is 0. The fourth-order valence-corrected chi connectivity index (χ4v) is 1.22. The van der Waals surface area contributed by atoms with E-state index in [9.17, 15) is 9.59 Å². The minimum atomic E-state index is -0.597. The van der Waals surface area contributed by atoms with E-state index < -0.39 is 10.5 Å². The van der Waals surface area contributed by atoms with Crippen LogP contribution in [0.3, 0.4) is 0 Å². The molecule has 1 unspecified atom stereocenters. The Kier molecular flexibility index (Phi) is 1.17. The Balaban J connectivity index is 2.79. The van der Waals surface area contributed by atoms with Gasteiger partial charge < -0.3 is 0 Å². The number of rotatable bonds is 0. The summed E-state index contributed by atoms with van der Waals surface area (Å²) in [5.41, 5.74) is 0. The van der Waals surface area contributed by atoms with E-state index in [1.807, 2.05) is 0 Å². The molecule has 0 aliphatic carbocycles. The highest BCUT2D eigenvalue weighted by atomic mass is 32.2. The summed E-state index contributed by atoms with van der Waals surface area (Å²) in [6.07, 6.45) is 0. The minimum Gasteiger partial charge on any atom is -0.287 e. The highest BCUT2D eigenvalue weighted by Gasteiger charge is 2.19. The molecule has 0 bridgehead atoms. The molecule has 2 amide bonds. The predicted molar refractivity (Wildman–Crippen MR) is 33.1 cm³/mol. The van der Waals surface area contributed by atoms with E-state index in [4.69, 9.17) is 0 Å². The molecular weight excluding hydrogens is 126 g/mol. The van der Waals surface area contributed by atoms with Gasteiger partial charge in [0.15, 0.2) is 0 Å². The van der Waals surface area contributed by atoms with Gasteiger partial charge >= 0.3 is 0 Å². The molecule has 1 saturated heterocycles. The van der Waals surface area contributed by atoms with Crippen molar-refractivity contribution in [2.75, 3.05) is 5.75 Å². The molecule has 1 heterocycles. The Morgan fingerprint density at radius 2 is 2.25 bits per heavy atom. The molecule has 0 saturated carbocycles. The van der Waals surface area contributed by atoms with E-state index in [-0.39, 0.29) is 16.9 Å². The SMILES string of the molecule is C=S1CC(=O)NC1=O. The number of hydrogen-bond acceptors (Lipinski definition) is 2. The van der Waals surface area contributed by atoms with Gasteiger partial charge in [-0.1, -0.05) is 16.4 Å².